The number of ether oxygens (including phenoxy) is 1. The first-order valence-corrected chi connectivity index (χ1v) is 8.38. The molecule has 1 fully saturated rings. The lowest BCUT2D eigenvalue weighted by molar-refractivity contribution is 0.0236. The van der Waals surface area contributed by atoms with Crippen molar-refractivity contribution in [3.05, 3.63) is 35.4 Å². The maximum atomic E-state index is 12.1. The van der Waals surface area contributed by atoms with Crippen molar-refractivity contribution >= 4 is 27.2 Å². The third kappa shape index (κ3) is 3.76. The summed E-state index contributed by atoms with van der Waals surface area (Å²) in [5.74, 6) is -0.116. The molecule has 0 heterocycles. The number of nitrogens with two attached hydrogens (primary N) is 1. The molecular weight excluding hydrogens is 296 g/mol. The molecule has 2 rings (SSSR count). The highest BCUT2D eigenvalue weighted by molar-refractivity contribution is 7.88. The predicted molar refractivity (Wildman–Crippen MR) is 81.9 cm³/mol. The fourth-order valence-corrected chi connectivity index (χ4v) is 3.89. The standard InChI is InChI=1S/C13H18N2O3S2/c1-18-11-6-10(7-11)15-20(16,17)8-9-4-2-3-5-12(9)13(14)19/h2-5,10-11,15H,6-8H2,1H3,(H2,14,19). The monoisotopic (exact) mass is 314 g/mol. The zero-order chi connectivity index (χ0) is 14.8. The number of rotatable bonds is 6. The second-order valence-electron chi connectivity index (χ2n) is 4.92. The number of methoxy groups -OCH3 is 1. The van der Waals surface area contributed by atoms with Gasteiger partial charge >= 0.3 is 0 Å². The molecule has 0 radical (unpaired) electrons. The SMILES string of the molecule is COC1CC(NS(=O)(=O)Cc2ccccc2C(N)=S)C1. The Hall–Kier alpha value is -1.02. The van der Waals surface area contributed by atoms with E-state index < -0.39 is 10.0 Å². The molecule has 0 aromatic heterocycles. The zero-order valence-corrected chi connectivity index (χ0v) is 12.8. The summed E-state index contributed by atoms with van der Waals surface area (Å²) in [4.78, 5) is 0.207. The van der Waals surface area contributed by atoms with Gasteiger partial charge < -0.3 is 10.5 Å². The van der Waals surface area contributed by atoms with Crippen molar-refractivity contribution in [3.8, 4) is 0 Å². The molecule has 20 heavy (non-hydrogen) atoms. The highest BCUT2D eigenvalue weighted by Gasteiger charge is 2.32. The van der Waals surface area contributed by atoms with Gasteiger partial charge in [0.15, 0.2) is 0 Å². The second-order valence-corrected chi connectivity index (χ2v) is 7.12. The first kappa shape index (κ1) is 15.4. The van der Waals surface area contributed by atoms with E-state index in [1.54, 1.807) is 31.4 Å². The largest absolute Gasteiger partial charge is 0.389 e. The lowest BCUT2D eigenvalue weighted by atomic mass is 9.90. The minimum Gasteiger partial charge on any atom is -0.389 e. The number of benzene rings is 1. The third-order valence-electron chi connectivity index (χ3n) is 3.40. The molecule has 5 nitrogen and oxygen atoms in total. The van der Waals surface area contributed by atoms with Gasteiger partial charge in [0.25, 0.3) is 0 Å². The Labute approximate surface area is 124 Å². The molecular formula is C13H18N2O3S2. The van der Waals surface area contributed by atoms with Gasteiger partial charge in [-0.05, 0) is 18.4 Å². The number of sulfonamides is 1. The Morgan fingerprint density at radius 2 is 2.10 bits per heavy atom. The van der Waals surface area contributed by atoms with Crippen LogP contribution in [0.15, 0.2) is 24.3 Å². The summed E-state index contributed by atoms with van der Waals surface area (Å²) in [6.07, 6.45) is 1.59. The Morgan fingerprint density at radius 3 is 2.70 bits per heavy atom. The van der Waals surface area contributed by atoms with Crippen molar-refractivity contribution in [1.82, 2.24) is 4.72 Å². The molecule has 0 bridgehead atoms. The molecule has 0 unspecified atom stereocenters. The van der Waals surface area contributed by atoms with Crippen molar-refractivity contribution in [2.45, 2.75) is 30.7 Å². The van der Waals surface area contributed by atoms with Gasteiger partial charge in [0.2, 0.25) is 10.0 Å². The first-order chi connectivity index (χ1) is 9.41. The van der Waals surface area contributed by atoms with E-state index in [4.69, 9.17) is 22.7 Å². The molecule has 7 heteroatoms. The van der Waals surface area contributed by atoms with Crippen molar-refractivity contribution in [2.75, 3.05) is 7.11 Å². The first-order valence-electron chi connectivity index (χ1n) is 6.32. The Balaban J connectivity index is 2.04. The van der Waals surface area contributed by atoms with E-state index in [1.807, 2.05) is 0 Å². The normalized spacial score (nSPS) is 22.2. The van der Waals surface area contributed by atoms with Gasteiger partial charge in [0.05, 0.1) is 11.9 Å². The average molecular weight is 314 g/mol. The van der Waals surface area contributed by atoms with Crippen molar-refractivity contribution in [3.63, 3.8) is 0 Å². The van der Waals surface area contributed by atoms with Crippen molar-refractivity contribution < 1.29 is 13.2 Å². The van der Waals surface area contributed by atoms with E-state index in [-0.39, 0.29) is 22.9 Å². The highest BCUT2D eigenvalue weighted by atomic mass is 32.2. The van der Waals surface area contributed by atoms with Crippen LogP contribution in [0.1, 0.15) is 24.0 Å². The van der Waals surface area contributed by atoms with E-state index in [2.05, 4.69) is 4.72 Å². The molecule has 0 saturated heterocycles. The van der Waals surface area contributed by atoms with Gasteiger partial charge in [-0.2, -0.15) is 0 Å². The molecule has 3 N–H and O–H groups in total. The van der Waals surface area contributed by atoms with Gasteiger partial charge in [-0.15, -0.1) is 0 Å². The number of nitrogens with one attached hydrogen (secondary N) is 1. The summed E-state index contributed by atoms with van der Waals surface area (Å²) >= 11 is 4.94. The summed E-state index contributed by atoms with van der Waals surface area (Å²) in [5, 5.41) is 0. The molecule has 0 atom stereocenters. The van der Waals surface area contributed by atoms with E-state index in [9.17, 15) is 8.42 Å². The summed E-state index contributed by atoms with van der Waals surface area (Å²) in [5.41, 5.74) is 6.84. The van der Waals surface area contributed by atoms with E-state index in [0.29, 0.717) is 24.0 Å². The predicted octanol–water partition coefficient (Wildman–Crippen LogP) is 0.918. The maximum absolute atomic E-state index is 12.1. The molecule has 110 valence electrons. The van der Waals surface area contributed by atoms with Crippen LogP contribution in [0.5, 0.6) is 0 Å². The molecule has 0 aliphatic heterocycles. The average Bonchev–Trinajstić information content (AvgIpc) is 2.33. The van der Waals surface area contributed by atoms with Gasteiger partial charge in [-0.1, -0.05) is 36.5 Å². The Kier molecular flexibility index (Phi) is 4.74. The molecule has 1 aromatic carbocycles. The zero-order valence-electron chi connectivity index (χ0n) is 11.2. The van der Waals surface area contributed by atoms with Crippen LogP contribution in [0.3, 0.4) is 0 Å². The van der Waals surface area contributed by atoms with E-state index in [1.165, 1.54) is 0 Å². The van der Waals surface area contributed by atoms with Crippen LogP contribution in [0.4, 0.5) is 0 Å². The van der Waals surface area contributed by atoms with E-state index >= 15 is 0 Å². The van der Waals surface area contributed by atoms with Crippen LogP contribution in [0.2, 0.25) is 0 Å². The second kappa shape index (κ2) is 6.17. The van der Waals surface area contributed by atoms with E-state index in [0.717, 1.165) is 0 Å². The quantitative estimate of drug-likeness (QED) is 0.763. The Bertz CT molecular complexity index is 595. The molecule has 1 saturated carbocycles. The summed E-state index contributed by atoms with van der Waals surface area (Å²) < 4.78 is 32.1. The lowest BCUT2D eigenvalue weighted by Gasteiger charge is -2.34. The smallest absolute Gasteiger partial charge is 0.216 e. The number of thiocarbonyl (C=S) groups is 1. The minimum absolute atomic E-state index is 0.0399. The molecule has 0 amide bonds. The van der Waals surface area contributed by atoms with Gasteiger partial charge in [-0.3, -0.25) is 0 Å². The van der Waals surface area contributed by atoms with Crippen LogP contribution in [0.25, 0.3) is 0 Å². The summed E-state index contributed by atoms with van der Waals surface area (Å²) in [7, 11) is -1.77. The minimum atomic E-state index is -3.40. The topological polar surface area (TPSA) is 81.4 Å². The fourth-order valence-electron chi connectivity index (χ4n) is 2.24. The summed E-state index contributed by atoms with van der Waals surface area (Å²) in [6, 6.07) is 6.98. The maximum Gasteiger partial charge on any atom is 0.216 e. The van der Waals surface area contributed by atoms with Gasteiger partial charge in [-0.25, -0.2) is 13.1 Å². The lowest BCUT2D eigenvalue weighted by Crippen LogP contribution is -2.47. The molecule has 1 aliphatic rings. The van der Waals surface area contributed by atoms with Crippen LogP contribution in [-0.2, 0) is 20.5 Å². The molecule has 1 aliphatic carbocycles. The summed E-state index contributed by atoms with van der Waals surface area (Å²) in [6.45, 7) is 0. The highest BCUT2D eigenvalue weighted by Crippen LogP contribution is 2.24. The van der Waals surface area contributed by atoms with Gasteiger partial charge in [0, 0.05) is 18.7 Å². The van der Waals surface area contributed by atoms with Crippen LogP contribution >= 0.6 is 12.2 Å². The fraction of sp³-hybridized carbons (Fsp3) is 0.462. The Morgan fingerprint density at radius 1 is 1.45 bits per heavy atom. The number of hydrogen-bond donors (Lipinski definition) is 2. The number of hydrogen-bond acceptors (Lipinski definition) is 4. The molecule has 0 spiro atoms. The van der Waals surface area contributed by atoms with Crippen LogP contribution in [0, 0.1) is 0 Å². The van der Waals surface area contributed by atoms with Crippen LogP contribution in [-0.4, -0.2) is 32.7 Å². The third-order valence-corrected chi connectivity index (χ3v) is 5.01. The van der Waals surface area contributed by atoms with Crippen molar-refractivity contribution in [1.29, 1.82) is 0 Å². The molecule has 1 aromatic rings. The van der Waals surface area contributed by atoms with Crippen LogP contribution < -0.4 is 10.5 Å². The van der Waals surface area contributed by atoms with Gasteiger partial charge in [0.1, 0.15) is 4.99 Å². The van der Waals surface area contributed by atoms with Crippen molar-refractivity contribution in [2.24, 2.45) is 5.73 Å².